The van der Waals surface area contributed by atoms with Gasteiger partial charge in [0.15, 0.2) is 0 Å². The van der Waals surface area contributed by atoms with Gasteiger partial charge in [0.25, 0.3) is 5.91 Å². The number of anilines is 1. The van der Waals surface area contributed by atoms with Gasteiger partial charge in [0.1, 0.15) is 0 Å². The summed E-state index contributed by atoms with van der Waals surface area (Å²) < 4.78 is 0.936. The summed E-state index contributed by atoms with van der Waals surface area (Å²) in [5, 5.41) is 5.30. The van der Waals surface area contributed by atoms with Gasteiger partial charge in [-0.15, -0.1) is 11.3 Å². The summed E-state index contributed by atoms with van der Waals surface area (Å²) in [5.74, 6) is -0.127. The van der Waals surface area contributed by atoms with Crippen LogP contribution < -0.4 is 5.32 Å². The predicted molar refractivity (Wildman–Crippen MR) is 76.2 cm³/mol. The molecule has 88 valence electrons. The van der Waals surface area contributed by atoms with Gasteiger partial charge in [0.05, 0.1) is 9.35 Å². The predicted octanol–water partition coefficient (Wildman–Crippen LogP) is 4.72. The van der Waals surface area contributed by atoms with E-state index in [1.807, 2.05) is 19.1 Å². The molecule has 1 aromatic carbocycles. The van der Waals surface area contributed by atoms with E-state index in [1.54, 1.807) is 17.5 Å². The van der Waals surface area contributed by atoms with E-state index in [9.17, 15) is 4.79 Å². The summed E-state index contributed by atoms with van der Waals surface area (Å²) in [6, 6.07) is 7.24. The first-order valence-electron chi connectivity index (χ1n) is 4.88. The van der Waals surface area contributed by atoms with Gasteiger partial charge in [-0.3, -0.25) is 4.79 Å². The molecule has 2 aromatic rings. The van der Waals surface area contributed by atoms with Crippen LogP contribution in [0.3, 0.4) is 0 Å². The largest absolute Gasteiger partial charge is 0.322 e. The number of halogens is 2. The van der Waals surface area contributed by atoms with Crippen LogP contribution in [0.4, 0.5) is 5.69 Å². The molecule has 0 bridgehead atoms. The number of benzene rings is 1. The summed E-state index contributed by atoms with van der Waals surface area (Å²) >= 11 is 10.8. The molecule has 0 unspecified atom stereocenters. The molecule has 0 aliphatic heterocycles. The lowest BCUT2D eigenvalue weighted by Crippen LogP contribution is -2.11. The molecule has 0 saturated heterocycles. The second kappa shape index (κ2) is 5.21. The van der Waals surface area contributed by atoms with Crippen LogP contribution in [0.25, 0.3) is 0 Å². The molecule has 0 radical (unpaired) electrons. The Morgan fingerprint density at radius 3 is 2.88 bits per heavy atom. The maximum absolute atomic E-state index is 11.9. The third kappa shape index (κ3) is 2.89. The molecule has 0 saturated carbocycles. The zero-order valence-corrected chi connectivity index (χ0v) is 12.1. The Hall–Kier alpha value is -0.840. The van der Waals surface area contributed by atoms with Crippen LogP contribution >= 0.6 is 38.9 Å². The molecule has 0 atom stereocenters. The molecule has 17 heavy (non-hydrogen) atoms. The van der Waals surface area contributed by atoms with Crippen molar-refractivity contribution in [3.8, 4) is 0 Å². The number of hydrogen-bond donors (Lipinski definition) is 1. The zero-order valence-electron chi connectivity index (χ0n) is 8.96. The van der Waals surface area contributed by atoms with Gasteiger partial charge >= 0.3 is 0 Å². The first-order chi connectivity index (χ1) is 8.08. The molecule has 0 spiro atoms. The van der Waals surface area contributed by atoms with Crippen LogP contribution in [0.5, 0.6) is 0 Å². The Morgan fingerprint density at radius 1 is 1.47 bits per heavy atom. The third-order valence-corrected chi connectivity index (χ3v) is 4.26. The Balaban J connectivity index is 2.21. The zero-order chi connectivity index (χ0) is 12.4. The fourth-order valence-electron chi connectivity index (χ4n) is 1.37. The first kappa shape index (κ1) is 12.6. The van der Waals surface area contributed by atoms with Gasteiger partial charge in [0, 0.05) is 16.1 Å². The van der Waals surface area contributed by atoms with Crippen molar-refractivity contribution < 1.29 is 4.79 Å². The highest BCUT2D eigenvalue weighted by atomic mass is 79.9. The summed E-state index contributed by atoms with van der Waals surface area (Å²) in [6.07, 6.45) is 0. The van der Waals surface area contributed by atoms with Gasteiger partial charge in [0.2, 0.25) is 0 Å². The smallest absolute Gasteiger partial charge is 0.256 e. The second-order valence-corrected chi connectivity index (χ2v) is 6.20. The average molecular weight is 331 g/mol. The molecule has 5 heteroatoms. The highest BCUT2D eigenvalue weighted by molar-refractivity contribution is 9.11. The molecule has 1 N–H and O–H groups in total. The monoisotopic (exact) mass is 329 g/mol. The van der Waals surface area contributed by atoms with Crippen molar-refractivity contribution >= 4 is 50.5 Å². The van der Waals surface area contributed by atoms with E-state index < -0.39 is 0 Å². The molecular formula is C12H9BrClNOS. The molecule has 0 fully saturated rings. The van der Waals surface area contributed by atoms with Crippen LogP contribution in [0.15, 0.2) is 33.4 Å². The summed E-state index contributed by atoms with van der Waals surface area (Å²) in [6.45, 7) is 1.88. The lowest BCUT2D eigenvalue weighted by Gasteiger charge is -2.08. The molecule has 2 rings (SSSR count). The molecule has 2 nitrogen and oxygen atoms in total. The van der Waals surface area contributed by atoms with Crippen LogP contribution in [-0.2, 0) is 0 Å². The van der Waals surface area contributed by atoms with Gasteiger partial charge in [-0.1, -0.05) is 17.7 Å². The number of thiophene rings is 1. The van der Waals surface area contributed by atoms with Crippen molar-refractivity contribution in [1.29, 1.82) is 0 Å². The lowest BCUT2D eigenvalue weighted by molar-refractivity contribution is 0.102. The molecule has 1 heterocycles. The van der Waals surface area contributed by atoms with Crippen molar-refractivity contribution in [2.24, 2.45) is 0 Å². The van der Waals surface area contributed by atoms with Crippen molar-refractivity contribution in [2.75, 3.05) is 5.32 Å². The van der Waals surface area contributed by atoms with Crippen molar-refractivity contribution in [3.05, 3.63) is 49.6 Å². The third-order valence-electron chi connectivity index (χ3n) is 2.35. The molecular weight excluding hydrogens is 322 g/mol. The van der Waals surface area contributed by atoms with Crippen LogP contribution in [0.2, 0.25) is 5.02 Å². The fraction of sp³-hybridized carbons (Fsp3) is 0.0833. The van der Waals surface area contributed by atoms with Gasteiger partial charge in [-0.2, -0.15) is 0 Å². The van der Waals surface area contributed by atoms with Gasteiger partial charge < -0.3 is 5.32 Å². The fourth-order valence-corrected chi connectivity index (χ4v) is 2.68. The standard InChI is InChI=1S/C12H9BrClNOS/c1-7-9(14)3-2-4-10(7)15-12(16)8-5-11(13)17-6-8/h2-6H,1H3,(H,15,16). The van der Waals surface area contributed by atoms with E-state index in [2.05, 4.69) is 21.2 Å². The number of nitrogens with one attached hydrogen (secondary N) is 1. The van der Waals surface area contributed by atoms with E-state index in [-0.39, 0.29) is 5.91 Å². The summed E-state index contributed by atoms with van der Waals surface area (Å²) in [4.78, 5) is 11.9. The van der Waals surface area contributed by atoms with E-state index in [0.29, 0.717) is 10.6 Å². The van der Waals surface area contributed by atoms with Crippen molar-refractivity contribution in [2.45, 2.75) is 6.92 Å². The highest BCUT2D eigenvalue weighted by Crippen LogP contribution is 2.25. The normalized spacial score (nSPS) is 10.3. The molecule has 0 aliphatic rings. The molecule has 0 aliphatic carbocycles. The van der Waals surface area contributed by atoms with Crippen LogP contribution in [-0.4, -0.2) is 5.91 Å². The number of rotatable bonds is 2. The highest BCUT2D eigenvalue weighted by Gasteiger charge is 2.10. The number of amides is 1. The van der Waals surface area contributed by atoms with E-state index >= 15 is 0 Å². The average Bonchev–Trinajstić information content (AvgIpc) is 2.72. The maximum atomic E-state index is 11.9. The molecule has 1 aromatic heterocycles. The lowest BCUT2D eigenvalue weighted by atomic mass is 10.2. The number of carbonyl (C=O) groups is 1. The summed E-state index contributed by atoms with van der Waals surface area (Å²) in [5.41, 5.74) is 2.25. The minimum Gasteiger partial charge on any atom is -0.322 e. The maximum Gasteiger partial charge on any atom is 0.256 e. The van der Waals surface area contributed by atoms with Crippen LogP contribution in [0.1, 0.15) is 15.9 Å². The Bertz CT molecular complexity index is 567. The summed E-state index contributed by atoms with van der Waals surface area (Å²) in [7, 11) is 0. The number of carbonyl (C=O) groups excluding carboxylic acids is 1. The SMILES string of the molecule is Cc1c(Cl)cccc1NC(=O)c1csc(Br)c1. The Morgan fingerprint density at radius 2 is 2.24 bits per heavy atom. The Kier molecular flexibility index (Phi) is 3.86. The van der Waals surface area contributed by atoms with Crippen molar-refractivity contribution in [3.63, 3.8) is 0 Å². The molecule has 1 amide bonds. The van der Waals surface area contributed by atoms with E-state index in [1.165, 1.54) is 11.3 Å². The topological polar surface area (TPSA) is 29.1 Å². The minimum absolute atomic E-state index is 0.127. The number of hydrogen-bond acceptors (Lipinski definition) is 2. The van der Waals surface area contributed by atoms with E-state index in [0.717, 1.165) is 15.0 Å². The van der Waals surface area contributed by atoms with Crippen molar-refractivity contribution in [1.82, 2.24) is 0 Å². The Labute approximate surface area is 117 Å². The second-order valence-electron chi connectivity index (χ2n) is 3.51. The minimum atomic E-state index is -0.127. The van der Waals surface area contributed by atoms with Gasteiger partial charge in [-0.25, -0.2) is 0 Å². The van der Waals surface area contributed by atoms with E-state index in [4.69, 9.17) is 11.6 Å². The quantitative estimate of drug-likeness (QED) is 0.847. The van der Waals surface area contributed by atoms with Gasteiger partial charge in [-0.05, 0) is 46.6 Å². The first-order valence-corrected chi connectivity index (χ1v) is 6.93. The van der Waals surface area contributed by atoms with Crippen LogP contribution in [0, 0.1) is 6.92 Å².